The molecule has 0 spiro atoms. The number of nitrogen functional groups attached to an aromatic ring is 1. The Kier molecular flexibility index (Phi) is 4.00. The second kappa shape index (κ2) is 5.51. The van der Waals surface area contributed by atoms with Crippen LogP contribution in [-0.2, 0) is 6.54 Å². The van der Waals surface area contributed by atoms with E-state index in [1.165, 1.54) is 12.1 Å². The summed E-state index contributed by atoms with van der Waals surface area (Å²) in [5, 5.41) is 2.93. The molecule has 0 aliphatic carbocycles. The summed E-state index contributed by atoms with van der Waals surface area (Å²) in [4.78, 5) is 0. The number of hydrogen-bond acceptors (Lipinski definition) is 2. The minimum Gasteiger partial charge on any atom is -0.397 e. The van der Waals surface area contributed by atoms with Crippen LogP contribution in [0.4, 0.5) is 20.2 Å². The summed E-state index contributed by atoms with van der Waals surface area (Å²) < 4.78 is 27.2. The largest absolute Gasteiger partial charge is 0.397 e. The zero-order chi connectivity index (χ0) is 13.1. The number of anilines is 2. The molecular formula is C13H11F2IN2. The van der Waals surface area contributed by atoms with Gasteiger partial charge in [0.1, 0.15) is 11.6 Å². The molecule has 0 aromatic heterocycles. The van der Waals surface area contributed by atoms with Crippen molar-refractivity contribution in [2.24, 2.45) is 0 Å². The van der Waals surface area contributed by atoms with Crippen LogP contribution in [0.1, 0.15) is 5.56 Å². The van der Waals surface area contributed by atoms with Gasteiger partial charge in [0.05, 0.1) is 14.9 Å². The Morgan fingerprint density at radius 1 is 1.11 bits per heavy atom. The van der Waals surface area contributed by atoms with Crippen LogP contribution < -0.4 is 11.1 Å². The van der Waals surface area contributed by atoms with E-state index in [1.807, 2.05) is 22.6 Å². The zero-order valence-electron chi connectivity index (χ0n) is 9.38. The van der Waals surface area contributed by atoms with E-state index in [9.17, 15) is 8.78 Å². The van der Waals surface area contributed by atoms with E-state index >= 15 is 0 Å². The van der Waals surface area contributed by atoms with Crippen molar-refractivity contribution in [2.45, 2.75) is 6.54 Å². The lowest BCUT2D eigenvalue weighted by molar-refractivity contribution is 0.612. The van der Waals surface area contributed by atoms with Crippen LogP contribution in [0.2, 0.25) is 0 Å². The molecule has 0 saturated carbocycles. The molecule has 0 atom stereocenters. The van der Waals surface area contributed by atoms with Crippen molar-refractivity contribution in [3.8, 4) is 0 Å². The lowest BCUT2D eigenvalue weighted by Gasteiger charge is -2.10. The van der Waals surface area contributed by atoms with Gasteiger partial charge in [-0.25, -0.2) is 8.78 Å². The maximum absolute atomic E-state index is 13.4. The smallest absolute Gasteiger partial charge is 0.138 e. The average Bonchev–Trinajstić information content (AvgIpc) is 2.34. The topological polar surface area (TPSA) is 38.0 Å². The van der Waals surface area contributed by atoms with Gasteiger partial charge >= 0.3 is 0 Å². The van der Waals surface area contributed by atoms with Gasteiger partial charge in [-0.15, -0.1) is 0 Å². The third kappa shape index (κ3) is 2.90. The summed E-state index contributed by atoms with van der Waals surface area (Å²) >= 11 is 1.87. The Labute approximate surface area is 117 Å². The summed E-state index contributed by atoms with van der Waals surface area (Å²) in [5.41, 5.74) is 7.19. The molecule has 2 aromatic carbocycles. The molecule has 94 valence electrons. The van der Waals surface area contributed by atoms with E-state index in [-0.39, 0.29) is 18.2 Å². The number of benzene rings is 2. The predicted octanol–water partition coefficient (Wildman–Crippen LogP) is 3.76. The summed E-state index contributed by atoms with van der Waals surface area (Å²) in [6.07, 6.45) is 0. The first-order valence-corrected chi connectivity index (χ1v) is 6.37. The first kappa shape index (κ1) is 13.1. The van der Waals surface area contributed by atoms with Gasteiger partial charge in [-0.3, -0.25) is 0 Å². The Balaban J connectivity index is 2.16. The van der Waals surface area contributed by atoms with Gasteiger partial charge in [0.25, 0.3) is 0 Å². The van der Waals surface area contributed by atoms with Gasteiger partial charge in [0.2, 0.25) is 0 Å². The van der Waals surface area contributed by atoms with Crippen molar-refractivity contribution in [1.82, 2.24) is 0 Å². The molecule has 0 saturated heterocycles. The molecule has 0 heterocycles. The third-order valence-corrected chi connectivity index (χ3v) is 3.35. The molecule has 3 N–H and O–H groups in total. The highest BCUT2D eigenvalue weighted by molar-refractivity contribution is 14.1. The van der Waals surface area contributed by atoms with E-state index in [2.05, 4.69) is 5.32 Å². The standard InChI is InChI=1S/C13H11F2IN2/c14-9-4-2-1-3-8(9)7-18-13-5-10(15)11(16)6-12(13)17/h1-6,18H,7,17H2. The molecule has 0 amide bonds. The second-order valence-corrected chi connectivity index (χ2v) is 4.96. The van der Waals surface area contributed by atoms with Crippen LogP contribution >= 0.6 is 22.6 Å². The Hall–Kier alpha value is -1.37. The molecule has 0 aliphatic rings. The van der Waals surface area contributed by atoms with E-state index in [4.69, 9.17) is 5.73 Å². The molecule has 0 fully saturated rings. The Morgan fingerprint density at radius 3 is 2.56 bits per heavy atom. The molecule has 0 radical (unpaired) electrons. The Bertz CT molecular complexity index is 573. The van der Waals surface area contributed by atoms with Gasteiger partial charge in [-0.1, -0.05) is 18.2 Å². The fraction of sp³-hybridized carbons (Fsp3) is 0.0769. The highest BCUT2D eigenvalue weighted by Gasteiger charge is 2.06. The van der Waals surface area contributed by atoms with Gasteiger partial charge in [0.15, 0.2) is 0 Å². The summed E-state index contributed by atoms with van der Waals surface area (Å²) in [5.74, 6) is -0.643. The second-order valence-electron chi connectivity index (χ2n) is 3.80. The number of nitrogens with one attached hydrogen (secondary N) is 1. The lowest BCUT2D eigenvalue weighted by atomic mass is 10.2. The van der Waals surface area contributed by atoms with Crippen LogP contribution in [0.25, 0.3) is 0 Å². The summed E-state index contributed by atoms with van der Waals surface area (Å²) in [6.45, 7) is 0.261. The molecular weight excluding hydrogens is 349 g/mol. The van der Waals surface area contributed by atoms with Crippen molar-refractivity contribution in [1.29, 1.82) is 0 Å². The monoisotopic (exact) mass is 360 g/mol. The van der Waals surface area contributed by atoms with Crippen molar-refractivity contribution < 1.29 is 8.78 Å². The van der Waals surface area contributed by atoms with Gasteiger partial charge in [-0.2, -0.15) is 0 Å². The predicted molar refractivity (Wildman–Crippen MR) is 77.3 cm³/mol. The lowest BCUT2D eigenvalue weighted by Crippen LogP contribution is -2.05. The van der Waals surface area contributed by atoms with E-state index < -0.39 is 0 Å². The summed E-state index contributed by atoms with van der Waals surface area (Å²) in [7, 11) is 0. The highest BCUT2D eigenvalue weighted by Crippen LogP contribution is 2.24. The van der Waals surface area contributed by atoms with Gasteiger partial charge in [0, 0.05) is 18.2 Å². The van der Waals surface area contributed by atoms with Crippen molar-refractivity contribution >= 4 is 34.0 Å². The van der Waals surface area contributed by atoms with Crippen molar-refractivity contribution in [3.05, 3.63) is 57.2 Å². The molecule has 5 heteroatoms. The van der Waals surface area contributed by atoms with Crippen LogP contribution in [0, 0.1) is 15.2 Å². The maximum Gasteiger partial charge on any atom is 0.138 e. The summed E-state index contributed by atoms with van der Waals surface area (Å²) in [6, 6.07) is 9.28. The third-order valence-electron chi connectivity index (χ3n) is 2.52. The molecule has 0 unspecified atom stereocenters. The van der Waals surface area contributed by atoms with Crippen molar-refractivity contribution in [3.63, 3.8) is 0 Å². The van der Waals surface area contributed by atoms with E-state index in [0.29, 0.717) is 20.5 Å². The van der Waals surface area contributed by atoms with E-state index in [0.717, 1.165) is 0 Å². The Morgan fingerprint density at radius 2 is 1.83 bits per heavy atom. The van der Waals surface area contributed by atoms with Crippen molar-refractivity contribution in [2.75, 3.05) is 11.1 Å². The quantitative estimate of drug-likeness (QED) is 0.646. The zero-order valence-corrected chi connectivity index (χ0v) is 11.5. The highest BCUT2D eigenvalue weighted by atomic mass is 127. The van der Waals surface area contributed by atoms with Crippen LogP contribution in [-0.4, -0.2) is 0 Å². The number of rotatable bonds is 3. The molecule has 2 aromatic rings. The number of halogens is 3. The molecule has 18 heavy (non-hydrogen) atoms. The first-order chi connectivity index (χ1) is 8.58. The van der Waals surface area contributed by atoms with Gasteiger partial charge < -0.3 is 11.1 Å². The average molecular weight is 360 g/mol. The first-order valence-electron chi connectivity index (χ1n) is 5.29. The normalized spacial score (nSPS) is 10.4. The van der Waals surface area contributed by atoms with Crippen LogP contribution in [0.15, 0.2) is 36.4 Å². The van der Waals surface area contributed by atoms with E-state index in [1.54, 1.807) is 24.3 Å². The van der Waals surface area contributed by atoms with Gasteiger partial charge in [-0.05, 0) is 34.7 Å². The number of nitrogens with two attached hydrogens (primary N) is 1. The SMILES string of the molecule is Nc1cc(I)c(F)cc1NCc1ccccc1F. The molecule has 2 nitrogen and oxygen atoms in total. The molecule has 2 rings (SSSR count). The fourth-order valence-electron chi connectivity index (χ4n) is 1.55. The molecule has 0 aliphatic heterocycles. The fourth-order valence-corrected chi connectivity index (χ4v) is 2.04. The minimum atomic E-state index is -0.346. The maximum atomic E-state index is 13.4. The van der Waals surface area contributed by atoms with Crippen LogP contribution in [0.5, 0.6) is 0 Å². The molecule has 0 bridgehead atoms. The van der Waals surface area contributed by atoms with Crippen LogP contribution in [0.3, 0.4) is 0 Å². The number of hydrogen-bond donors (Lipinski definition) is 2. The minimum absolute atomic E-state index is 0.261.